The number of hydrogen-bond donors (Lipinski definition) is 3. The minimum absolute atomic E-state index is 0. The Morgan fingerprint density at radius 2 is 2.00 bits per heavy atom. The predicted octanol–water partition coefficient (Wildman–Crippen LogP) is 0.583. The normalized spacial score (nSPS) is 9.00. The van der Waals surface area contributed by atoms with Gasteiger partial charge in [-0.3, -0.25) is 0 Å². The zero-order valence-electron chi connectivity index (χ0n) is 6.77. The Bertz CT molecular complexity index is 311. The minimum atomic E-state index is -1.21. The first-order chi connectivity index (χ1) is 5.65. The van der Waals surface area contributed by atoms with Crippen LogP contribution in [0.4, 0.5) is 0 Å². The van der Waals surface area contributed by atoms with Crippen LogP contribution in [0.2, 0.25) is 0 Å². The molecule has 1 rings (SSSR count). The molecule has 1 aromatic carbocycles. The summed E-state index contributed by atoms with van der Waals surface area (Å²) in [4.78, 5) is 10.4. The van der Waals surface area contributed by atoms with Gasteiger partial charge in [0.05, 0.1) is 6.61 Å². The molecule has 0 aliphatic heterocycles. The molecule has 1 radical (unpaired) electrons. The second kappa shape index (κ2) is 5.59. The van der Waals surface area contributed by atoms with E-state index >= 15 is 0 Å². The molecule has 5 heteroatoms. The number of rotatable bonds is 2. The SMILES string of the molecule is O=C(O)c1cc(CO)ccc1O.[Ac]. The van der Waals surface area contributed by atoms with E-state index in [-0.39, 0.29) is 62.0 Å². The van der Waals surface area contributed by atoms with E-state index in [1.54, 1.807) is 0 Å². The number of hydrogen-bond acceptors (Lipinski definition) is 3. The van der Waals surface area contributed by atoms with Crippen LogP contribution in [-0.2, 0) is 6.61 Å². The van der Waals surface area contributed by atoms with Gasteiger partial charge >= 0.3 is 5.97 Å². The van der Waals surface area contributed by atoms with Crippen molar-refractivity contribution in [2.75, 3.05) is 0 Å². The van der Waals surface area contributed by atoms with Gasteiger partial charge < -0.3 is 15.3 Å². The quantitative estimate of drug-likeness (QED) is 0.685. The predicted molar refractivity (Wildman–Crippen MR) is 41.0 cm³/mol. The summed E-state index contributed by atoms with van der Waals surface area (Å²) in [5.41, 5.74) is 0.270. The summed E-state index contributed by atoms with van der Waals surface area (Å²) in [6, 6.07) is 3.94. The van der Waals surface area contributed by atoms with Crippen LogP contribution < -0.4 is 0 Å². The molecule has 0 aromatic heterocycles. The van der Waals surface area contributed by atoms with Crippen molar-refractivity contribution in [3.8, 4) is 5.75 Å². The fourth-order valence-electron chi connectivity index (χ4n) is 0.853. The molecular formula is C8H8AcO4. The van der Waals surface area contributed by atoms with Gasteiger partial charge in [-0.2, -0.15) is 0 Å². The molecule has 13 heavy (non-hydrogen) atoms. The maximum Gasteiger partial charge on any atom is 0.339 e. The number of aromatic hydroxyl groups is 1. The van der Waals surface area contributed by atoms with E-state index in [2.05, 4.69) is 0 Å². The second-order valence-corrected chi connectivity index (χ2v) is 2.31. The van der Waals surface area contributed by atoms with Crippen LogP contribution in [-0.4, -0.2) is 21.3 Å². The minimum Gasteiger partial charge on any atom is -0.507 e. The van der Waals surface area contributed by atoms with Crippen LogP contribution >= 0.6 is 0 Å². The molecule has 0 fully saturated rings. The van der Waals surface area contributed by atoms with Gasteiger partial charge in [0, 0.05) is 44.1 Å². The smallest absolute Gasteiger partial charge is 0.339 e. The second-order valence-electron chi connectivity index (χ2n) is 2.31. The van der Waals surface area contributed by atoms with Crippen molar-refractivity contribution >= 4 is 5.97 Å². The van der Waals surface area contributed by atoms with Gasteiger partial charge in [-0.05, 0) is 17.7 Å². The summed E-state index contributed by atoms with van der Waals surface area (Å²) < 4.78 is 0. The van der Waals surface area contributed by atoms with E-state index in [4.69, 9.17) is 15.3 Å². The van der Waals surface area contributed by atoms with Gasteiger partial charge in [0.25, 0.3) is 0 Å². The maximum atomic E-state index is 10.4. The zero-order chi connectivity index (χ0) is 9.14. The van der Waals surface area contributed by atoms with Gasteiger partial charge in [-0.25, -0.2) is 4.79 Å². The Kier molecular flexibility index (Phi) is 5.54. The molecule has 0 saturated carbocycles. The summed E-state index contributed by atoms with van der Waals surface area (Å²) in [5.74, 6) is -1.50. The average Bonchev–Trinajstić information content (AvgIpc) is 2.05. The first kappa shape index (κ1) is 12.9. The molecule has 1 aromatic rings. The monoisotopic (exact) mass is 395 g/mol. The number of carbonyl (C=O) groups is 1. The Hall–Kier alpha value is -0.108. The largest absolute Gasteiger partial charge is 0.507 e. The Morgan fingerprint density at radius 3 is 2.46 bits per heavy atom. The first-order valence-electron chi connectivity index (χ1n) is 3.31. The maximum absolute atomic E-state index is 10.4. The van der Waals surface area contributed by atoms with Crippen LogP contribution in [0.1, 0.15) is 15.9 Å². The third-order valence-corrected chi connectivity index (χ3v) is 1.47. The third-order valence-electron chi connectivity index (χ3n) is 1.47. The topological polar surface area (TPSA) is 77.8 Å². The van der Waals surface area contributed by atoms with Gasteiger partial charge in [-0.1, -0.05) is 6.07 Å². The zero-order valence-corrected chi connectivity index (χ0v) is 11.5. The fourth-order valence-corrected chi connectivity index (χ4v) is 0.853. The number of phenols is 1. The van der Waals surface area contributed by atoms with Crippen LogP contribution in [0, 0.1) is 44.1 Å². The number of carboxylic acids is 1. The molecule has 0 aliphatic rings. The number of benzene rings is 1. The Balaban J connectivity index is 0.00000144. The molecule has 0 atom stereocenters. The van der Waals surface area contributed by atoms with Crippen molar-refractivity contribution in [2.24, 2.45) is 0 Å². The fraction of sp³-hybridized carbons (Fsp3) is 0.125. The van der Waals surface area contributed by atoms with Gasteiger partial charge in [0.1, 0.15) is 11.3 Å². The number of aromatic carboxylic acids is 1. The van der Waals surface area contributed by atoms with Crippen LogP contribution in [0.15, 0.2) is 18.2 Å². The summed E-state index contributed by atoms with van der Waals surface area (Å²) in [5, 5.41) is 26.2. The van der Waals surface area contributed by atoms with Crippen molar-refractivity contribution in [1.29, 1.82) is 0 Å². The summed E-state index contributed by atoms with van der Waals surface area (Å²) in [6.07, 6.45) is 0. The van der Waals surface area contributed by atoms with Gasteiger partial charge in [0.15, 0.2) is 0 Å². The van der Waals surface area contributed by atoms with Crippen LogP contribution in [0.3, 0.4) is 0 Å². The molecular weight excluding hydrogens is 387 g/mol. The van der Waals surface area contributed by atoms with Crippen molar-refractivity contribution in [3.05, 3.63) is 29.3 Å². The number of carboxylic acid groups (broad SMARTS) is 1. The van der Waals surface area contributed by atoms with Crippen LogP contribution in [0.5, 0.6) is 5.75 Å². The molecule has 0 aliphatic carbocycles. The molecule has 3 N–H and O–H groups in total. The van der Waals surface area contributed by atoms with E-state index in [1.165, 1.54) is 18.2 Å². The third kappa shape index (κ3) is 3.26. The molecule has 0 unspecified atom stereocenters. The molecule has 0 bridgehead atoms. The molecule has 67 valence electrons. The summed E-state index contributed by atoms with van der Waals surface area (Å²) >= 11 is 0. The van der Waals surface area contributed by atoms with Crippen molar-refractivity contribution in [3.63, 3.8) is 0 Å². The standard InChI is InChI=1S/C8H8O4.Ac/c9-4-5-1-2-7(10)6(3-5)8(11)12;/h1-3,9-10H,4H2,(H,11,12);. The molecule has 0 spiro atoms. The Labute approximate surface area is 111 Å². The molecule has 0 amide bonds. The van der Waals surface area contributed by atoms with Crippen molar-refractivity contribution < 1.29 is 64.2 Å². The van der Waals surface area contributed by atoms with Gasteiger partial charge in [-0.15, -0.1) is 0 Å². The number of aliphatic hydroxyl groups excluding tert-OH is 1. The Morgan fingerprint density at radius 1 is 1.38 bits per heavy atom. The van der Waals surface area contributed by atoms with Crippen LogP contribution in [0.25, 0.3) is 0 Å². The molecule has 0 heterocycles. The summed E-state index contributed by atoms with van der Waals surface area (Å²) in [6.45, 7) is -0.236. The number of aliphatic hydroxyl groups is 1. The van der Waals surface area contributed by atoms with E-state index < -0.39 is 5.97 Å². The molecule has 4 nitrogen and oxygen atoms in total. The average molecular weight is 395 g/mol. The van der Waals surface area contributed by atoms with E-state index in [0.29, 0.717) is 5.56 Å². The summed E-state index contributed by atoms with van der Waals surface area (Å²) in [7, 11) is 0. The van der Waals surface area contributed by atoms with E-state index in [9.17, 15) is 4.79 Å². The van der Waals surface area contributed by atoms with E-state index in [0.717, 1.165) is 0 Å². The first-order valence-corrected chi connectivity index (χ1v) is 3.31. The van der Waals surface area contributed by atoms with E-state index in [1.807, 2.05) is 0 Å². The molecule has 0 saturated heterocycles. The van der Waals surface area contributed by atoms with Crippen molar-refractivity contribution in [2.45, 2.75) is 6.61 Å². The van der Waals surface area contributed by atoms with Crippen molar-refractivity contribution in [1.82, 2.24) is 0 Å². The van der Waals surface area contributed by atoms with Gasteiger partial charge in [0.2, 0.25) is 0 Å².